The maximum Gasteiger partial charge on any atom is 0.213 e. The van der Waals surface area contributed by atoms with E-state index >= 15 is 0 Å². The Labute approximate surface area is 234 Å². The number of aliphatic hydroxyl groups is 1. The summed E-state index contributed by atoms with van der Waals surface area (Å²) >= 11 is 1.56. The van der Waals surface area contributed by atoms with E-state index in [1.807, 2.05) is 55.3 Å². The molecule has 0 unspecified atom stereocenters. The molecule has 206 valence electrons. The number of nitrogens with zero attached hydrogens (tertiary/aromatic N) is 3. The van der Waals surface area contributed by atoms with E-state index < -0.39 is 10.0 Å². The molecule has 0 bridgehead atoms. The van der Waals surface area contributed by atoms with E-state index in [1.54, 1.807) is 11.3 Å². The van der Waals surface area contributed by atoms with Crippen LogP contribution in [0.25, 0.3) is 21.0 Å². The van der Waals surface area contributed by atoms with Gasteiger partial charge in [0.1, 0.15) is 16.8 Å². The Morgan fingerprint density at radius 1 is 1.28 bits per heavy atom. The number of aromatic nitrogens is 1. The van der Waals surface area contributed by atoms with Crippen LogP contribution in [0.4, 0.5) is 0 Å². The first-order valence-electron chi connectivity index (χ1n) is 13.4. The van der Waals surface area contributed by atoms with Crippen LogP contribution in [0, 0.1) is 11.3 Å². The number of nitriles is 1. The number of hydrogen-bond donors (Lipinski definition) is 2. The van der Waals surface area contributed by atoms with Gasteiger partial charge >= 0.3 is 0 Å². The van der Waals surface area contributed by atoms with Gasteiger partial charge in [-0.25, -0.2) is 18.1 Å². The minimum Gasteiger partial charge on any atom is -0.490 e. The standard InChI is InChI=1S/C29H34N4O4S2/c1-19(2)37-27-11-8-20(15-21(27)16-30)29-31-17-28(38-29)25-7-3-6-24-23(25)9-10-26(24)32-39(35,36)14-13-33-12-4-5-22(34)18-33/h3,6-8,11,15,17,19,22,26,32,34H,4-5,9-10,12-14,18H2,1-2H3/t22-,26+/m0/s1. The van der Waals surface area contributed by atoms with Gasteiger partial charge in [-0.05, 0) is 81.0 Å². The zero-order valence-electron chi connectivity index (χ0n) is 22.3. The number of fused-ring (bicyclic) bond motifs is 1. The third-order valence-corrected chi connectivity index (χ3v) is 9.67. The van der Waals surface area contributed by atoms with Gasteiger partial charge in [-0.15, -0.1) is 11.3 Å². The van der Waals surface area contributed by atoms with Crippen LogP contribution in [0.5, 0.6) is 5.75 Å². The molecule has 2 aromatic carbocycles. The zero-order valence-corrected chi connectivity index (χ0v) is 23.9. The summed E-state index contributed by atoms with van der Waals surface area (Å²) in [6.07, 6.45) is 4.63. The second kappa shape index (κ2) is 11.7. The van der Waals surface area contributed by atoms with Gasteiger partial charge in [-0.3, -0.25) is 4.90 Å². The molecule has 1 saturated heterocycles. The topological polar surface area (TPSA) is 116 Å². The lowest BCUT2D eigenvalue weighted by Crippen LogP contribution is -2.42. The number of hydrogen-bond acceptors (Lipinski definition) is 8. The number of benzene rings is 2. The lowest BCUT2D eigenvalue weighted by Gasteiger charge is -2.29. The zero-order chi connectivity index (χ0) is 27.6. The third-order valence-electron chi connectivity index (χ3n) is 7.23. The summed E-state index contributed by atoms with van der Waals surface area (Å²) in [7, 11) is -3.47. The Bertz CT molecular complexity index is 1480. The van der Waals surface area contributed by atoms with Crippen LogP contribution in [0.2, 0.25) is 0 Å². The molecule has 2 atom stereocenters. The number of thiazole rings is 1. The molecule has 2 N–H and O–H groups in total. The van der Waals surface area contributed by atoms with E-state index in [9.17, 15) is 18.8 Å². The molecule has 0 spiro atoms. The summed E-state index contributed by atoms with van der Waals surface area (Å²) in [6, 6.07) is 13.6. The Hall–Kier alpha value is -2.81. The van der Waals surface area contributed by atoms with Gasteiger partial charge in [0.25, 0.3) is 0 Å². The van der Waals surface area contributed by atoms with Crippen LogP contribution >= 0.6 is 11.3 Å². The maximum absolute atomic E-state index is 12.9. The van der Waals surface area contributed by atoms with Crippen LogP contribution in [0.15, 0.2) is 42.6 Å². The average molecular weight is 567 g/mol. The number of piperidine rings is 1. The molecule has 39 heavy (non-hydrogen) atoms. The molecule has 2 aliphatic rings. The van der Waals surface area contributed by atoms with Gasteiger partial charge in [0.15, 0.2) is 0 Å². The predicted octanol–water partition coefficient (Wildman–Crippen LogP) is 4.50. The highest BCUT2D eigenvalue weighted by Crippen LogP contribution is 2.41. The lowest BCUT2D eigenvalue weighted by molar-refractivity contribution is 0.0740. The largest absolute Gasteiger partial charge is 0.490 e. The van der Waals surface area contributed by atoms with Gasteiger partial charge in [-0.2, -0.15) is 5.26 Å². The van der Waals surface area contributed by atoms with Crippen molar-refractivity contribution in [3.05, 3.63) is 59.3 Å². The predicted molar refractivity (Wildman–Crippen MR) is 153 cm³/mol. The van der Waals surface area contributed by atoms with E-state index in [4.69, 9.17) is 4.74 Å². The Morgan fingerprint density at radius 3 is 2.90 bits per heavy atom. The van der Waals surface area contributed by atoms with Gasteiger partial charge < -0.3 is 9.84 Å². The van der Waals surface area contributed by atoms with Crippen molar-refractivity contribution in [1.29, 1.82) is 5.26 Å². The number of aliphatic hydroxyl groups excluding tert-OH is 1. The fraction of sp³-hybridized carbons (Fsp3) is 0.448. The summed E-state index contributed by atoms with van der Waals surface area (Å²) in [4.78, 5) is 7.68. The maximum atomic E-state index is 12.9. The SMILES string of the molecule is CC(C)Oc1ccc(-c2ncc(-c3cccc4c3CC[C@H]4NS(=O)(=O)CCN3CCC[C@H](O)C3)s2)cc1C#N. The Kier molecular flexibility index (Phi) is 8.35. The first-order valence-corrected chi connectivity index (χ1v) is 15.9. The van der Waals surface area contributed by atoms with Gasteiger partial charge in [0.2, 0.25) is 10.0 Å². The molecule has 5 rings (SSSR count). The van der Waals surface area contributed by atoms with E-state index in [2.05, 4.69) is 21.8 Å². The van der Waals surface area contributed by atoms with Crippen LogP contribution in [0.3, 0.4) is 0 Å². The smallest absolute Gasteiger partial charge is 0.213 e. The van der Waals surface area contributed by atoms with E-state index in [0.29, 0.717) is 30.8 Å². The van der Waals surface area contributed by atoms with Gasteiger partial charge in [-0.1, -0.05) is 18.2 Å². The van der Waals surface area contributed by atoms with Crippen molar-refractivity contribution in [3.63, 3.8) is 0 Å². The van der Waals surface area contributed by atoms with E-state index in [-0.39, 0.29) is 24.0 Å². The number of sulfonamides is 1. The molecular formula is C29H34N4O4S2. The fourth-order valence-electron chi connectivity index (χ4n) is 5.41. The second-order valence-electron chi connectivity index (χ2n) is 10.5. The first kappa shape index (κ1) is 27.7. The molecule has 1 aliphatic heterocycles. The van der Waals surface area contributed by atoms with Crippen LogP contribution < -0.4 is 9.46 Å². The molecule has 0 amide bonds. The summed E-state index contributed by atoms with van der Waals surface area (Å²) in [6.45, 7) is 5.64. The van der Waals surface area contributed by atoms with Gasteiger partial charge in [0, 0.05) is 30.9 Å². The summed E-state index contributed by atoms with van der Waals surface area (Å²) < 4.78 is 34.5. The van der Waals surface area contributed by atoms with Crippen molar-refractivity contribution in [2.24, 2.45) is 0 Å². The Morgan fingerprint density at radius 2 is 2.13 bits per heavy atom. The highest BCUT2D eigenvalue weighted by Gasteiger charge is 2.29. The minimum atomic E-state index is -3.47. The first-order chi connectivity index (χ1) is 18.7. The molecule has 1 aromatic heterocycles. The van der Waals surface area contributed by atoms with Crippen LogP contribution in [0.1, 0.15) is 55.8 Å². The number of nitrogens with one attached hydrogen (secondary N) is 1. The molecule has 2 heterocycles. The molecule has 1 fully saturated rings. The molecule has 10 heteroatoms. The molecule has 0 radical (unpaired) electrons. The summed E-state index contributed by atoms with van der Waals surface area (Å²) in [5, 5.41) is 20.3. The second-order valence-corrected chi connectivity index (χ2v) is 13.4. The third kappa shape index (κ3) is 6.51. The monoisotopic (exact) mass is 566 g/mol. The van der Waals surface area contributed by atoms with Crippen molar-refractivity contribution in [2.75, 3.05) is 25.4 Å². The van der Waals surface area contributed by atoms with Crippen molar-refractivity contribution in [3.8, 4) is 32.8 Å². The average Bonchev–Trinajstić information content (AvgIpc) is 3.55. The molecule has 3 aromatic rings. The summed E-state index contributed by atoms with van der Waals surface area (Å²) in [5.41, 5.74) is 4.57. The van der Waals surface area contributed by atoms with Crippen molar-refractivity contribution < 1.29 is 18.3 Å². The number of rotatable bonds is 9. The highest BCUT2D eigenvalue weighted by atomic mass is 32.2. The van der Waals surface area contributed by atoms with Crippen LogP contribution in [-0.4, -0.2) is 61.0 Å². The normalized spacial score (nSPS) is 19.7. The molecule has 0 saturated carbocycles. The Balaban J connectivity index is 1.31. The minimum absolute atomic E-state index is 0.0217. The molecule has 1 aliphatic carbocycles. The van der Waals surface area contributed by atoms with E-state index in [0.717, 1.165) is 57.9 Å². The number of ether oxygens (including phenoxy) is 1. The summed E-state index contributed by atoms with van der Waals surface area (Å²) in [5.74, 6) is 0.589. The lowest BCUT2D eigenvalue weighted by atomic mass is 10.0. The van der Waals surface area contributed by atoms with Crippen molar-refractivity contribution in [2.45, 2.75) is 57.8 Å². The van der Waals surface area contributed by atoms with Gasteiger partial charge in [0.05, 0.1) is 28.4 Å². The van der Waals surface area contributed by atoms with Crippen molar-refractivity contribution in [1.82, 2.24) is 14.6 Å². The number of β-amino-alcohol motifs (C(OH)–C–C–N with tert-alkyl or cyclic N) is 1. The van der Waals surface area contributed by atoms with Crippen LogP contribution in [-0.2, 0) is 16.4 Å². The molecular weight excluding hydrogens is 532 g/mol. The highest BCUT2D eigenvalue weighted by molar-refractivity contribution is 7.89. The quantitative estimate of drug-likeness (QED) is 0.392. The van der Waals surface area contributed by atoms with E-state index in [1.165, 1.54) is 0 Å². The fourth-order valence-corrected chi connectivity index (χ4v) is 7.67. The molecule has 8 nitrogen and oxygen atoms in total. The number of likely N-dealkylation sites (tertiary alicyclic amines) is 1. The van der Waals surface area contributed by atoms with Crippen molar-refractivity contribution >= 4 is 21.4 Å².